The van der Waals surface area contributed by atoms with Gasteiger partial charge in [0.1, 0.15) is 5.75 Å². The lowest BCUT2D eigenvalue weighted by Gasteiger charge is -2.27. The standard InChI is InChI=1S/C24H29N3O4S/c1-3-31-22-12-10-21(11-13-22)27(17-7-14-25)24(28)20-9-8-19(2)23(18-20)32(29,30)26-15-5-4-6-16-26/h8-13,18H,3-7,15-17H2,1-2H3. The Morgan fingerprint density at radius 1 is 1.12 bits per heavy atom. The third kappa shape index (κ3) is 5.29. The summed E-state index contributed by atoms with van der Waals surface area (Å²) in [5.74, 6) is 0.341. The molecule has 0 unspecified atom stereocenters. The van der Waals surface area contributed by atoms with Gasteiger partial charge >= 0.3 is 0 Å². The molecular weight excluding hydrogens is 426 g/mol. The van der Waals surface area contributed by atoms with Crippen molar-refractivity contribution in [2.24, 2.45) is 0 Å². The van der Waals surface area contributed by atoms with E-state index in [9.17, 15) is 13.2 Å². The van der Waals surface area contributed by atoms with Crippen LogP contribution in [0.1, 0.15) is 48.5 Å². The van der Waals surface area contributed by atoms with Crippen LogP contribution in [0.4, 0.5) is 5.69 Å². The van der Waals surface area contributed by atoms with Crippen LogP contribution in [-0.4, -0.2) is 44.9 Å². The van der Waals surface area contributed by atoms with Crippen LogP contribution in [0.25, 0.3) is 0 Å². The van der Waals surface area contributed by atoms with Gasteiger partial charge in [-0.15, -0.1) is 0 Å². The molecule has 1 fully saturated rings. The van der Waals surface area contributed by atoms with Crippen LogP contribution in [-0.2, 0) is 10.0 Å². The molecule has 2 aromatic rings. The third-order valence-electron chi connectivity index (χ3n) is 5.52. The molecule has 0 aromatic heterocycles. The second-order valence-corrected chi connectivity index (χ2v) is 9.64. The highest BCUT2D eigenvalue weighted by atomic mass is 32.2. The number of benzene rings is 2. The molecule has 32 heavy (non-hydrogen) atoms. The lowest BCUT2D eigenvalue weighted by Crippen LogP contribution is -2.36. The summed E-state index contributed by atoms with van der Waals surface area (Å²) in [6, 6.07) is 13.9. The molecule has 1 saturated heterocycles. The van der Waals surface area contributed by atoms with Gasteiger partial charge in [0.2, 0.25) is 10.0 Å². The fraction of sp³-hybridized carbons (Fsp3) is 0.417. The fourth-order valence-electron chi connectivity index (χ4n) is 3.81. The molecule has 170 valence electrons. The van der Waals surface area contributed by atoms with Crippen LogP contribution < -0.4 is 9.64 Å². The number of carbonyl (C=O) groups excluding carboxylic acids is 1. The van der Waals surface area contributed by atoms with Crippen molar-refractivity contribution in [3.8, 4) is 11.8 Å². The highest BCUT2D eigenvalue weighted by molar-refractivity contribution is 7.89. The minimum atomic E-state index is -3.67. The lowest BCUT2D eigenvalue weighted by molar-refractivity contribution is 0.0987. The summed E-state index contributed by atoms with van der Waals surface area (Å²) in [5, 5.41) is 9.07. The highest BCUT2D eigenvalue weighted by Crippen LogP contribution is 2.27. The molecule has 0 saturated carbocycles. The number of hydrogen-bond donors (Lipinski definition) is 0. The second-order valence-electron chi connectivity index (χ2n) is 7.74. The maximum absolute atomic E-state index is 13.4. The molecule has 1 aliphatic heterocycles. The molecule has 0 N–H and O–H groups in total. The van der Waals surface area contributed by atoms with E-state index in [0.717, 1.165) is 19.3 Å². The zero-order chi connectivity index (χ0) is 23.1. The van der Waals surface area contributed by atoms with Crippen molar-refractivity contribution in [3.05, 3.63) is 53.6 Å². The van der Waals surface area contributed by atoms with Gasteiger partial charge in [-0.1, -0.05) is 12.5 Å². The van der Waals surface area contributed by atoms with Crippen molar-refractivity contribution in [1.29, 1.82) is 5.26 Å². The van der Waals surface area contributed by atoms with Crippen molar-refractivity contribution in [2.45, 2.75) is 44.4 Å². The van der Waals surface area contributed by atoms with Crippen molar-refractivity contribution in [1.82, 2.24) is 4.31 Å². The zero-order valence-electron chi connectivity index (χ0n) is 18.6. The number of sulfonamides is 1. The van der Waals surface area contributed by atoms with Crippen LogP contribution in [0.2, 0.25) is 0 Å². The van der Waals surface area contributed by atoms with E-state index < -0.39 is 10.0 Å². The number of anilines is 1. The molecule has 1 heterocycles. The average molecular weight is 456 g/mol. The summed E-state index contributed by atoms with van der Waals surface area (Å²) in [4.78, 5) is 15.1. The first kappa shape index (κ1) is 23.8. The Hall–Kier alpha value is -2.89. The topological polar surface area (TPSA) is 90.7 Å². The summed E-state index contributed by atoms with van der Waals surface area (Å²) >= 11 is 0. The monoisotopic (exact) mass is 455 g/mol. The van der Waals surface area contributed by atoms with E-state index in [-0.39, 0.29) is 29.3 Å². The maximum Gasteiger partial charge on any atom is 0.258 e. The Kier molecular flexibility index (Phi) is 7.89. The Labute approximate surface area is 190 Å². The van der Waals surface area contributed by atoms with Gasteiger partial charge in [-0.05, 0) is 68.7 Å². The predicted octanol–water partition coefficient (Wildman–Crippen LogP) is 4.13. The van der Waals surface area contributed by atoms with E-state index >= 15 is 0 Å². The van der Waals surface area contributed by atoms with E-state index in [1.807, 2.05) is 6.92 Å². The van der Waals surface area contributed by atoms with Crippen LogP contribution in [0.15, 0.2) is 47.4 Å². The van der Waals surface area contributed by atoms with E-state index in [0.29, 0.717) is 36.7 Å². The Morgan fingerprint density at radius 2 is 1.81 bits per heavy atom. The molecule has 0 atom stereocenters. The van der Waals surface area contributed by atoms with Gasteiger partial charge in [0.05, 0.1) is 24.0 Å². The number of piperidine rings is 1. The van der Waals surface area contributed by atoms with Crippen LogP contribution in [0, 0.1) is 18.3 Å². The molecule has 0 radical (unpaired) electrons. The summed E-state index contributed by atoms with van der Waals surface area (Å²) < 4.78 is 33.4. The summed E-state index contributed by atoms with van der Waals surface area (Å²) in [6.45, 7) is 5.37. The van der Waals surface area contributed by atoms with Gasteiger partial charge in [-0.25, -0.2) is 8.42 Å². The minimum absolute atomic E-state index is 0.156. The smallest absolute Gasteiger partial charge is 0.258 e. The van der Waals surface area contributed by atoms with Gasteiger partial charge in [0.15, 0.2) is 0 Å². The van der Waals surface area contributed by atoms with Gasteiger partial charge in [0, 0.05) is 30.9 Å². The van der Waals surface area contributed by atoms with Crippen LogP contribution in [0.3, 0.4) is 0 Å². The van der Waals surface area contributed by atoms with E-state index in [4.69, 9.17) is 10.00 Å². The number of ether oxygens (including phenoxy) is 1. The quantitative estimate of drug-likeness (QED) is 0.597. The molecule has 0 aliphatic carbocycles. The highest BCUT2D eigenvalue weighted by Gasteiger charge is 2.29. The molecule has 3 rings (SSSR count). The van der Waals surface area contributed by atoms with Gasteiger partial charge in [0.25, 0.3) is 5.91 Å². The number of nitriles is 1. The first-order valence-corrected chi connectivity index (χ1v) is 12.3. The van der Waals surface area contributed by atoms with Gasteiger partial charge < -0.3 is 9.64 Å². The van der Waals surface area contributed by atoms with Crippen molar-refractivity contribution < 1.29 is 17.9 Å². The van der Waals surface area contributed by atoms with Crippen molar-refractivity contribution in [3.63, 3.8) is 0 Å². The molecule has 7 nitrogen and oxygen atoms in total. The Morgan fingerprint density at radius 3 is 2.44 bits per heavy atom. The largest absolute Gasteiger partial charge is 0.494 e. The lowest BCUT2D eigenvalue weighted by atomic mass is 10.1. The SMILES string of the molecule is CCOc1ccc(N(CCC#N)C(=O)c2ccc(C)c(S(=O)(=O)N3CCCCC3)c2)cc1. The molecule has 1 aliphatic rings. The molecule has 8 heteroatoms. The summed E-state index contributed by atoms with van der Waals surface area (Å²) in [5.41, 5.74) is 1.50. The number of nitrogens with zero attached hydrogens (tertiary/aromatic N) is 3. The van der Waals surface area contributed by atoms with Crippen molar-refractivity contribution >= 4 is 21.6 Å². The minimum Gasteiger partial charge on any atom is -0.494 e. The maximum atomic E-state index is 13.4. The Bertz CT molecular complexity index is 1090. The molecule has 2 aromatic carbocycles. The number of amides is 1. The Balaban J connectivity index is 1.94. The van der Waals surface area contributed by atoms with E-state index in [1.54, 1.807) is 43.3 Å². The predicted molar refractivity (Wildman–Crippen MR) is 123 cm³/mol. The molecule has 0 spiro atoms. The first-order valence-electron chi connectivity index (χ1n) is 10.9. The number of aryl methyl sites for hydroxylation is 1. The van der Waals surface area contributed by atoms with Crippen LogP contribution >= 0.6 is 0 Å². The molecule has 0 bridgehead atoms. The zero-order valence-corrected chi connectivity index (χ0v) is 19.4. The molecule has 1 amide bonds. The number of hydrogen-bond acceptors (Lipinski definition) is 5. The fourth-order valence-corrected chi connectivity index (χ4v) is 5.58. The first-order chi connectivity index (χ1) is 15.4. The average Bonchev–Trinajstić information content (AvgIpc) is 2.81. The van der Waals surface area contributed by atoms with Crippen LogP contribution in [0.5, 0.6) is 5.75 Å². The van der Waals surface area contributed by atoms with Gasteiger partial charge in [-0.2, -0.15) is 9.57 Å². The van der Waals surface area contributed by atoms with Gasteiger partial charge in [-0.3, -0.25) is 4.79 Å². The van der Waals surface area contributed by atoms with Crippen molar-refractivity contribution in [2.75, 3.05) is 31.1 Å². The van der Waals surface area contributed by atoms with E-state index in [1.165, 1.54) is 15.3 Å². The van der Waals surface area contributed by atoms with E-state index in [2.05, 4.69) is 6.07 Å². The number of rotatable bonds is 8. The molecular formula is C24H29N3O4S. The summed E-state index contributed by atoms with van der Waals surface area (Å²) in [7, 11) is -3.67. The number of carbonyl (C=O) groups is 1. The normalized spacial score (nSPS) is 14.5. The second kappa shape index (κ2) is 10.6. The summed E-state index contributed by atoms with van der Waals surface area (Å²) in [6.07, 6.45) is 2.87. The third-order valence-corrected chi connectivity index (χ3v) is 7.56.